The van der Waals surface area contributed by atoms with E-state index in [1.165, 1.54) is 36.4 Å². The van der Waals surface area contributed by atoms with E-state index in [1.807, 2.05) is 0 Å². The fraction of sp³-hybridized carbons (Fsp3) is 0. The van der Waals surface area contributed by atoms with Gasteiger partial charge in [-0.3, -0.25) is 4.79 Å². The summed E-state index contributed by atoms with van der Waals surface area (Å²) >= 11 is 11.6. The highest BCUT2D eigenvalue weighted by Gasteiger charge is 2.14. The van der Waals surface area contributed by atoms with Crippen LogP contribution in [0.15, 0.2) is 36.4 Å². The largest absolute Gasteiger partial charge is 0.507 e. The maximum absolute atomic E-state index is 12.0. The molecule has 0 saturated carbocycles. The second-order valence-corrected chi connectivity index (χ2v) is 4.96. The van der Waals surface area contributed by atoms with Crippen LogP contribution in [0.3, 0.4) is 0 Å². The van der Waals surface area contributed by atoms with Crippen LogP contribution in [0.25, 0.3) is 0 Å². The van der Waals surface area contributed by atoms with Crippen molar-refractivity contribution in [2.45, 2.75) is 0 Å². The summed E-state index contributed by atoms with van der Waals surface area (Å²) in [7, 11) is 0. The predicted molar refractivity (Wildman–Crippen MR) is 79.5 cm³/mol. The van der Waals surface area contributed by atoms with Crippen LogP contribution in [0.1, 0.15) is 20.7 Å². The molecule has 0 fully saturated rings. The number of rotatable bonds is 3. The number of halogens is 2. The van der Waals surface area contributed by atoms with Gasteiger partial charge in [0.25, 0.3) is 5.91 Å². The number of phenolic OH excluding ortho intramolecular Hbond substituents is 1. The van der Waals surface area contributed by atoms with Crippen LogP contribution in [0.4, 0.5) is 5.69 Å². The maximum Gasteiger partial charge on any atom is 0.335 e. The van der Waals surface area contributed by atoms with Gasteiger partial charge in [-0.15, -0.1) is 0 Å². The van der Waals surface area contributed by atoms with E-state index >= 15 is 0 Å². The molecule has 0 aliphatic rings. The third kappa shape index (κ3) is 3.45. The van der Waals surface area contributed by atoms with Crippen molar-refractivity contribution in [3.63, 3.8) is 0 Å². The third-order valence-corrected chi connectivity index (χ3v) is 3.22. The Bertz CT molecular complexity index is 731. The number of carbonyl (C=O) groups is 2. The van der Waals surface area contributed by atoms with E-state index in [0.29, 0.717) is 5.02 Å². The smallest absolute Gasteiger partial charge is 0.335 e. The number of aromatic carboxylic acids is 1. The summed E-state index contributed by atoms with van der Waals surface area (Å²) in [4.78, 5) is 22.8. The number of amides is 1. The van der Waals surface area contributed by atoms with Gasteiger partial charge < -0.3 is 15.5 Å². The Balaban J connectivity index is 2.25. The molecule has 0 aliphatic heterocycles. The van der Waals surface area contributed by atoms with Crippen LogP contribution in [0, 0.1) is 0 Å². The molecule has 0 atom stereocenters. The molecule has 2 aromatic carbocycles. The van der Waals surface area contributed by atoms with Crippen molar-refractivity contribution in [3.8, 4) is 5.75 Å². The molecule has 0 bridgehead atoms. The molecule has 7 heteroatoms. The van der Waals surface area contributed by atoms with Crippen molar-refractivity contribution in [1.82, 2.24) is 0 Å². The molecule has 0 heterocycles. The van der Waals surface area contributed by atoms with E-state index in [9.17, 15) is 14.7 Å². The Morgan fingerprint density at radius 2 is 1.76 bits per heavy atom. The molecule has 21 heavy (non-hydrogen) atoms. The molecule has 0 unspecified atom stereocenters. The highest BCUT2D eigenvalue weighted by Crippen LogP contribution is 2.26. The zero-order chi connectivity index (χ0) is 15.6. The Kier molecular flexibility index (Phi) is 4.35. The van der Waals surface area contributed by atoms with Gasteiger partial charge in [0.05, 0.1) is 21.8 Å². The van der Waals surface area contributed by atoms with Crippen LogP contribution in [-0.2, 0) is 0 Å². The molecule has 108 valence electrons. The highest BCUT2D eigenvalue weighted by atomic mass is 35.5. The van der Waals surface area contributed by atoms with Crippen molar-refractivity contribution < 1.29 is 19.8 Å². The molecule has 5 nitrogen and oxygen atoms in total. The van der Waals surface area contributed by atoms with E-state index in [2.05, 4.69) is 5.32 Å². The van der Waals surface area contributed by atoms with Crippen LogP contribution >= 0.6 is 23.2 Å². The lowest BCUT2D eigenvalue weighted by Crippen LogP contribution is -2.12. The third-order valence-electron chi connectivity index (χ3n) is 2.67. The van der Waals surface area contributed by atoms with Gasteiger partial charge in [-0.05, 0) is 36.4 Å². The van der Waals surface area contributed by atoms with E-state index in [-0.39, 0.29) is 27.6 Å². The van der Waals surface area contributed by atoms with Crippen LogP contribution in [0.5, 0.6) is 5.75 Å². The maximum atomic E-state index is 12.0. The predicted octanol–water partition coefficient (Wildman–Crippen LogP) is 3.65. The Labute approximate surface area is 129 Å². The minimum Gasteiger partial charge on any atom is -0.507 e. The summed E-state index contributed by atoms with van der Waals surface area (Å²) < 4.78 is 0. The number of anilines is 1. The summed E-state index contributed by atoms with van der Waals surface area (Å²) in [6, 6.07) is 7.98. The standard InChI is InChI=1S/C14H9Cl2NO4/c15-8-2-3-9(12(18)6-8)13(19)17-11-4-1-7(14(20)21)5-10(11)16/h1-6,18H,(H,17,19)(H,20,21). The van der Waals surface area contributed by atoms with E-state index < -0.39 is 11.9 Å². The van der Waals surface area contributed by atoms with Crippen LogP contribution in [-0.4, -0.2) is 22.1 Å². The average Bonchev–Trinajstić information content (AvgIpc) is 2.40. The van der Waals surface area contributed by atoms with Crippen molar-refractivity contribution in [2.24, 2.45) is 0 Å². The number of phenols is 1. The fourth-order valence-corrected chi connectivity index (χ4v) is 2.03. The Morgan fingerprint density at radius 3 is 2.33 bits per heavy atom. The first-order valence-electron chi connectivity index (χ1n) is 5.71. The van der Waals surface area contributed by atoms with Gasteiger partial charge in [0, 0.05) is 5.02 Å². The summed E-state index contributed by atoms with van der Waals surface area (Å²) in [5, 5.41) is 21.4. The van der Waals surface area contributed by atoms with Gasteiger partial charge in [-0.2, -0.15) is 0 Å². The van der Waals surface area contributed by atoms with Crippen molar-refractivity contribution >= 4 is 40.8 Å². The normalized spacial score (nSPS) is 10.2. The molecule has 2 aromatic rings. The molecule has 3 N–H and O–H groups in total. The molecular weight excluding hydrogens is 317 g/mol. The monoisotopic (exact) mass is 325 g/mol. The molecule has 0 aliphatic carbocycles. The first-order valence-corrected chi connectivity index (χ1v) is 6.47. The number of carbonyl (C=O) groups excluding carboxylic acids is 1. The Morgan fingerprint density at radius 1 is 1.05 bits per heavy atom. The lowest BCUT2D eigenvalue weighted by Gasteiger charge is -2.09. The molecule has 0 aromatic heterocycles. The number of carboxylic acids is 1. The quantitative estimate of drug-likeness (QED) is 0.803. The van der Waals surface area contributed by atoms with Gasteiger partial charge in [0.1, 0.15) is 5.75 Å². The van der Waals surface area contributed by atoms with E-state index in [4.69, 9.17) is 28.3 Å². The lowest BCUT2D eigenvalue weighted by atomic mass is 10.1. The summed E-state index contributed by atoms with van der Waals surface area (Å²) in [5.74, 6) is -1.97. The number of benzene rings is 2. The van der Waals surface area contributed by atoms with Crippen molar-refractivity contribution in [2.75, 3.05) is 5.32 Å². The van der Waals surface area contributed by atoms with Gasteiger partial charge in [0.15, 0.2) is 0 Å². The summed E-state index contributed by atoms with van der Waals surface area (Å²) in [6.07, 6.45) is 0. The number of hydrogen-bond donors (Lipinski definition) is 3. The molecule has 2 rings (SSSR count). The van der Waals surface area contributed by atoms with Crippen molar-refractivity contribution in [1.29, 1.82) is 0 Å². The SMILES string of the molecule is O=C(O)c1ccc(NC(=O)c2ccc(Cl)cc2O)c(Cl)c1. The minimum absolute atomic E-state index is 0.00680. The number of carboxylic acid groups (broad SMARTS) is 1. The van der Waals surface area contributed by atoms with Gasteiger partial charge in [-0.1, -0.05) is 23.2 Å². The number of aromatic hydroxyl groups is 1. The van der Waals surface area contributed by atoms with E-state index in [0.717, 1.165) is 0 Å². The second kappa shape index (κ2) is 6.03. The molecule has 0 saturated heterocycles. The summed E-state index contributed by atoms with van der Waals surface area (Å²) in [6.45, 7) is 0. The van der Waals surface area contributed by atoms with Gasteiger partial charge in [-0.25, -0.2) is 4.79 Å². The van der Waals surface area contributed by atoms with Gasteiger partial charge >= 0.3 is 5.97 Å². The Hall–Kier alpha value is -2.24. The lowest BCUT2D eigenvalue weighted by molar-refractivity contribution is 0.0696. The van der Waals surface area contributed by atoms with E-state index in [1.54, 1.807) is 0 Å². The average molecular weight is 326 g/mol. The highest BCUT2D eigenvalue weighted by molar-refractivity contribution is 6.34. The fourth-order valence-electron chi connectivity index (χ4n) is 1.64. The zero-order valence-electron chi connectivity index (χ0n) is 10.4. The van der Waals surface area contributed by atoms with Crippen LogP contribution < -0.4 is 5.32 Å². The first-order chi connectivity index (χ1) is 9.88. The van der Waals surface area contributed by atoms with Crippen LogP contribution in [0.2, 0.25) is 10.0 Å². The topological polar surface area (TPSA) is 86.6 Å². The zero-order valence-corrected chi connectivity index (χ0v) is 11.9. The second-order valence-electron chi connectivity index (χ2n) is 4.12. The van der Waals surface area contributed by atoms with Gasteiger partial charge in [0.2, 0.25) is 0 Å². The molecule has 1 amide bonds. The summed E-state index contributed by atoms with van der Waals surface area (Å²) in [5.41, 5.74) is 0.270. The molecule has 0 spiro atoms. The number of hydrogen-bond acceptors (Lipinski definition) is 3. The molecule has 0 radical (unpaired) electrons. The molecular formula is C14H9Cl2NO4. The first kappa shape index (κ1) is 15.2. The minimum atomic E-state index is -1.12. The number of nitrogens with one attached hydrogen (secondary N) is 1. The van der Waals surface area contributed by atoms with Crippen molar-refractivity contribution in [3.05, 3.63) is 57.6 Å².